The Morgan fingerprint density at radius 1 is 1.05 bits per heavy atom. The lowest BCUT2D eigenvalue weighted by atomic mass is 9.97. The van der Waals surface area contributed by atoms with Crippen LogP contribution in [0.3, 0.4) is 0 Å². The van der Waals surface area contributed by atoms with E-state index in [2.05, 4.69) is 55.3 Å². The average Bonchev–Trinajstić information content (AvgIpc) is 2.69. The number of benzene rings is 1. The first-order valence-electron chi connectivity index (χ1n) is 7.77. The maximum atomic E-state index is 3.49. The molecule has 19 heavy (non-hydrogen) atoms. The third-order valence-electron chi connectivity index (χ3n) is 4.19. The smallest absolute Gasteiger partial charge is 0.0346 e. The Labute approximate surface area is 118 Å². The summed E-state index contributed by atoms with van der Waals surface area (Å²) in [6, 6.07) is 9.86. The lowest BCUT2D eigenvalue weighted by molar-refractivity contribution is 0.205. The normalized spacial score (nSPS) is 19.4. The molecule has 106 valence electrons. The molecule has 0 radical (unpaired) electrons. The summed E-state index contributed by atoms with van der Waals surface area (Å²) in [6.07, 6.45) is 2.46. The molecule has 0 aliphatic carbocycles. The van der Waals surface area contributed by atoms with Crippen molar-refractivity contribution in [2.45, 2.75) is 45.6 Å². The standard InChI is InChI=1S/C17H28N2/c1-4-17(19-12-5-10-18-11-13-19)16-8-6-15(7-9-16)14(2)3/h6-9,14,17-18H,4-5,10-13H2,1-3H3. The minimum absolute atomic E-state index is 0.584. The molecule has 1 atom stereocenters. The predicted molar refractivity (Wildman–Crippen MR) is 82.6 cm³/mol. The van der Waals surface area contributed by atoms with E-state index in [0.29, 0.717) is 12.0 Å². The fraction of sp³-hybridized carbons (Fsp3) is 0.647. The van der Waals surface area contributed by atoms with Gasteiger partial charge in [-0.05, 0) is 36.4 Å². The van der Waals surface area contributed by atoms with Crippen LogP contribution in [0.4, 0.5) is 0 Å². The highest BCUT2D eigenvalue weighted by atomic mass is 15.2. The number of hydrogen-bond donors (Lipinski definition) is 1. The van der Waals surface area contributed by atoms with Gasteiger partial charge in [-0.25, -0.2) is 0 Å². The van der Waals surface area contributed by atoms with Crippen molar-refractivity contribution < 1.29 is 0 Å². The molecule has 1 aromatic rings. The van der Waals surface area contributed by atoms with E-state index in [9.17, 15) is 0 Å². The van der Waals surface area contributed by atoms with E-state index >= 15 is 0 Å². The van der Waals surface area contributed by atoms with E-state index in [1.165, 1.54) is 43.6 Å². The maximum Gasteiger partial charge on any atom is 0.0346 e. The quantitative estimate of drug-likeness (QED) is 0.890. The van der Waals surface area contributed by atoms with Crippen LogP contribution < -0.4 is 5.32 Å². The van der Waals surface area contributed by atoms with Gasteiger partial charge in [-0.1, -0.05) is 45.0 Å². The summed E-state index contributed by atoms with van der Waals surface area (Å²) in [7, 11) is 0. The molecular weight excluding hydrogens is 232 g/mol. The molecule has 1 aliphatic rings. The molecule has 1 unspecified atom stereocenters. The fourth-order valence-corrected chi connectivity index (χ4v) is 2.99. The van der Waals surface area contributed by atoms with Crippen molar-refractivity contribution in [1.29, 1.82) is 0 Å². The minimum atomic E-state index is 0.584. The summed E-state index contributed by atoms with van der Waals surface area (Å²) in [5.74, 6) is 0.622. The molecule has 1 fully saturated rings. The zero-order chi connectivity index (χ0) is 13.7. The molecule has 1 heterocycles. The molecule has 0 spiro atoms. The predicted octanol–water partition coefficient (Wildman–Crippen LogP) is 3.56. The van der Waals surface area contributed by atoms with Gasteiger partial charge in [0.1, 0.15) is 0 Å². The summed E-state index contributed by atoms with van der Waals surface area (Å²) in [6.45, 7) is 11.5. The van der Waals surface area contributed by atoms with Crippen molar-refractivity contribution >= 4 is 0 Å². The zero-order valence-corrected chi connectivity index (χ0v) is 12.7. The zero-order valence-electron chi connectivity index (χ0n) is 12.7. The minimum Gasteiger partial charge on any atom is -0.315 e. The van der Waals surface area contributed by atoms with Crippen LogP contribution in [0.15, 0.2) is 24.3 Å². The van der Waals surface area contributed by atoms with Gasteiger partial charge in [0.25, 0.3) is 0 Å². The van der Waals surface area contributed by atoms with Crippen LogP contribution in [0.2, 0.25) is 0 Å². The number of hydrogen-bond acceptors (Lipinski definition) is 2. The second kappa shape index (κ2) is 7.06. The topological polar surface area (TPSA) is 15.3 Å². The highest BCUT2D eigenvalue weighted by Gasteiger charge is 2.19. The van der Waals surface area contributed by atoms with Crippen LogP contribution in [0.5, 0.6) is 0 Å². The van der Waals surface area contributed by atoms with Crippen LogP contribution in [0.1, 0.15) is 56.7 Å². The molecule has 0 bridgehead atoms. The first-order chi connectivity index (χ1) is 9.22. The van der Waals surface area contributed by atoms with E-state index in [-0.39, 0.29) is 0 Å². The molecule has 2 heteroatoms. The fourth-order valence-electron chi connectivity index (χ4n) is 2.99. The van der Waals surface area contributed by atoms with Crippen molar-refractivity contribution in [2.24, 2.45) is 0 Å². The second-order valence-corrected chi connectivity index (χ2v) is 5.88. The Morgan fingerprint density at radius 2 is 1.74 bits per heavy atom. The SMILES string of the molecule is CCC(c1ccc(C(C)C)cc1)N1CCCNCC1. The highest BCUT2D eigenvalue weighted by Crippen LogP contribution is 2.26. The van der Waals surface area contributed by atoms with Crippen LogP contribution in [-0.4, -0.2) is 31.1 Å². The van der Waals surface area contributed by atoms with Crippen LogP contribution in [0, 0.1) is 0 Å². The van der Waals surface area contributed by atoms with Gasteiger partial charge in [-0.2, -0.15) is 0 Å². The van der Waals surface area contributed by atoms with E-state index in [1.807, 2.05) is 0 Å². The van der Waals surface area contributed by atoms with Gasteiger partial charge >= 0.3 is 0 Å². The van der Waals surface area contributed by atoms with E-state index in [1.54, 1.807) is 0 Å². The van der Waals surface area contributed by atoms with Gasteiger partial charge in [-0.3, -0.25) is 4.90 Å². The average molecular weight is 260 g/mol. The van der Waals surface area contributed by atoms with Gasteiger partial charge in [0, 0.05) is 25.7 Å². The van der Waals surface area contributed by atoms with Gasteiger partial charge < -0.3 is 5.32 Å². The van der Waals surface area contributed by atoms with Crippen molar-refractivity contribution in [1.82, 2.24) is 10.2 Å². The van der Waals surface area contributed by atoms with Gasteiger partial charge in [0.2, 0.25) is 0 Å². The molecule has 1 N–H and O–H groups in total. The van der Waals surface area contributed by atoms with Gasteiger partial charge in [0.05, 0.1) is 0 Å². The molecule has 1 saturated heterocycles. The lowest BCUT2D eigenvalue weighted by Gasteiger charge is -2.30. The highest BCUT2D eigenvalue weighted by molar-refractivity contribution is 5.27. The first-order valence-corrected chi connectivity index (χ1v) is 7.77. The molecule has 1 aliphatic heterocycles. The van der Waals surface area contributed by atoms with E-state index < -0.39 is 0 Å². The second-order valence-electron chi connectivity index (χ2n) is 5.88. The third kappa shape index (κ3) is 3.80. The van der Waals surface area contributed by atoms with Crippen LogP contribution >= 0.6 is 0 Å². The van der Waals surface area contributed by atoms with Crippen LogP contribution in [-0.2, 0) is 0 Å². The van der Waals surface area contributed by atoms with E-state index in [0.717, 1.165) is 6.54 Å². The van der Waals surface area contributed by atoms with Crippen molar-refractivity contribution in [3.05, 3.63) is 35.4 Å². The van der Waals surface area contributed by atoms with E-state index in [4.69, 9.17) is 0 Å². The molecule has 0 saturated carbocycles. The lowest BCUT2D eigenvalue weighted by Crippen LogP contribution is -2.32. The van der Waals surface area contributed by atoms with Crippen molar-refractivity contribution in [2.75, 3.05) is 26.2 Å². The molecule has 0 amide bonds. The number of nitrogens with one attached hydrogen (secondary N) is 1. The Kier molecular flexibility index (Phi) is 5.41. The summed E-state index contributed by atoms with van der Waals surface area (Å²) in [5, 5.41) is 3.49. The maximum absolute atomic E-state index is 3.49. The van der Waals surface area contributed by atoms with Gasteiger partial charge in [0.15, 0.2) is 0 Å². The summed E-state index contributed by atoms with van der Waals surface area (Å²) in [5.41, 5.74) is 2.92. The molecule has 1 aromatic carbocycles. The summed E-state index contributed by atoms with van der Waals surface area (Å²) < 4.78 is 0. The third-order valence-corrected chi connectivity index (χ3v) is 4.19. The molecule has 0 aromatic heterocycles. The van der Waals surface area contributed by atoms with Crippen molar-refractivity contribution in [3.63, 3.8) is 0 Å². The summed E-state index contributed by atoms with van der Waals surface area (Å²) >= 11 is 0. The number of rotatable bonds is 4. The molecular formula is C17H28N2. The Morgan fingerprint density at radius 3 is 2.37 bits per heavy atom. The first kappa shape index (κ1) is 14.5. The number of nitrogens with zero attached hydrogens (tertiary/aromatic N) is 1. The molecule has 2 nitrogen and oxygen atoms in total. The van der Waals surface area contributed by atoms with Crippen molar-refractivity contribution in [3.8, 4) is 0 Å². The Hall–Kier alpha value is -0.860. The largest absolute Gasteiger partial charge is 0.315 e. The Bertz CT molecular complexity index is 361. The monoisotopic (exact) mass is 260 g/mol. The van der Waals surface area contributed by atoms with Crippen LogP contribution in [0.25, 0.3) is 0 Å². The van der Waals surface area contributed by atoms with Gasteiger partial charge in [-0.15, -0.1) is 0 Å². The Balaban J connectivity index is 2.11. The summed E-state index contributed by atoms with van der Waals surface area (Å²) in [4.78, 5) is 2.64. The molecule has 2 rings (SSSR count).